The summed E-state index contributed by atoms with van der Waals surface area (Å²) in [6.07, 6.45) is 4.94. The van der Waals surface area contributed by atoms with Crippen LogP contribution < -0.4 is 5.32 Å². The largest absolute Gasteiger partial charge is 0.354 e. The van der Waals surface area contributed by atoms with Gasteiger partial charge in [-0.05, 0) is 30.7 Å². The maximum atomic E-state index is 12.1. The Labute approximate surface area is 123 Å². The van der Waals surface area contributed by atoms with Gasteiger partial charge in [-0.1, -0.05) is 24.3 Å². The summed E-state index contributed by atoms with van der Waals surface area (Å²) in [5, 5.41) is 3.95. The van der Waals surface area contributed by atoms with Gasteiger partial charge < -0.3 is 9.88 Å². The second kappa shape index (κ2) is 6.22. The number of para-hydroxylation sites is 1. The van der Waals surface area contributed by atoms with E-state index in [1.807, 2.05) is 54.9 Å². The molecule has 21 heavy (non-hydrogen) atoms. The van der Waals surface area contributed by atoms with Gasteiger partial charge in [0.05, 0.1) is 5.52 Å². The van der Waals surface area contributed by atoms with Crippen LogP contribution in [0.1, 0.15) is 16.9 Å². The van der Waals surface area contributed by atoms with Crippen molar-refractivity contribution in [3.63, 3.8) is 0 Å². The van der Waals surface area contributed by atoms with Crippen LogP contribution in [0.2, 0.25) is 0 Å². The number of hydrogen-bond donors (Lipinski definition) is 1. The molecule has 0 unspecified atom stereocenters. The van der Waals surface area contributed by atoms with Crippen LogP contribution in [0.4, 0.5) is 0 Å². The number of carbonyl (C=O) groups is 1. The van der Waals surface area contributed by atoms with Crippen molar-refractivity contribution in [1.82, 2.24) is 14.9 Å². The van der Waals surface area contributed by atoms with Crippen molar-refractivity contribution >= 4 is 16.8 Å². The summed E-state index contributed by atoms with van der Waals surface area (Å²) in [5.41, 5.74) is 1.31. The van der Waals surface area contributed by atoms with E-state index >= 15 is 0 Å². The van der Waals surface area contributed by atoms with E-state index in [1.54, 1.807) is 6.07 Å². The number of carbonyl (C=O) groups excluding carboxylic acids is 1. The maximum absolute atomic E-state index is 12.1. The molecule has 106 valence electrons. The van der Waals surface area contributed by atoms with E-state index in [1.165, 1.54) is 0 Å². The van der Waals surface area contributed by atoms with Crippen LogP contribution in [0, 0.1) is 0 Å². The summed E-state index contributed by atoms with van der Waals surface area (Å²) < 4.78 is 2.10. The summed E-state index contributed by atoms with van der Waals surface area (Å²) >= 11 is 0. The second-order valence-electron chi connectivity index (χ2n) is 4.92. The molecule has 0 saturated carbocycles. The minimum Gasteiger partial charge on any atom is -0.354 e. The van der Waals surface area contributed by atoms with Gasteiger partial charge in [0, 0.05) is 30.9 Å². The van der Waals surface area contributed by atoms with Crippen molar-refractivity contribution in [1.29, 1.82) is 0 Å². The molecule has 0 fully saturated rings. The first-order valence-corrected chi connectivity index (χ1v) is 7.08. The number of nitrogens with zero attached hydrogens (tertiary/aromatic N) is 2. The maximum Gasteiger partial charge on any atom is 0.269 e. The highest BCUT2D eigenvalue weighted by molar-refractivity contribution is 5.94. The van der Waals surface area contributed by atoms with E-state index in [0.29, 0.717) is 12.2 Å². The Hall–Kier alpha value is -2.62. The van der Waals surface area contributed by atoms with Gasteiger partial charge in [-0.2, -0.15) is 0 Å². The van der Waals surface area contributed by atoms with E-state index in [9.17, 15) is 4.79 Å². The Morgan fingerprint density at radius 2 is 1.86 bits per heavy atom. The lowest BCUT2D eigenvalue weighted by Gasteiger charge is -2.06. The third-order valence-corrected chi connectivity index (χ3v) is 3.38. The zero-order valence-corrected chi connectivity index (χ0v) is 11.7. The van der Waals surface area contributed by atoms with E-state index in [-0.39, 0.29) is 5.91 Å². The zero-order chi connectivity index (χ0) is 14.5. The summed E-state index contributed by atoms with van der Waals surface area (Å²) in [6.45, 7) is 1.55. The molecule has 0 spiro atoms. The fraction of sp³-hybridized carbons (Fsp3) is 0.176. The van der Waals surface area contributed by atoms with Crippen molar-refractivity contribution in [3.8, 4) is 0 Å². The molecule has 2 aromatic heterocycles. The van der Waals surface area contributed by atoms with Gasteiger partial charge in [0.2, 0.25) is 0 Å². The van der Waals surface area contributed by atoms with Crippen molar-refractivity contribution < 1.29 is 4.79 Å². The standard InChI is InChI=1S/C17H17N3O/c21-17(18-10-5-13-20-11-3-4-12-20)16-9-8-14-6-1-2-7-15(14)19-16/h1-4,6-9,11-12H,5,10,13H2,(H,18,21). The first kappa shape index (κ1) is 13.4. The lowest BCUT2D eigenvalue weighted by Crippen LogP contribution is -2.26. The minimum absolute atomic E-state index is 0.117. The molecular formula is C17H17N3O. The van der Waals surface area contributed by atoms with Crippen molar-refractivity contribution in [3.05, 3.63) is 66.6 Å². The third-order valence-electron chi connectivity index (χ3n) is 3.38. The first-order valence-electron chi connectivity index (χ1n) is 7.08. The molecule has 0 aliphatic rings. The van der Waals surface area contributed by atoms with Gasteiger partial charge in [0.25, 0.3) is 5.91 Å². The molecule has 1 amide bonds. The van der Waals surface area contributed by atoms with E-state index in [0.717, 1.165) is 23.9 Å². The van der Waals surface area contributed by atoms with Crippen LogP contribution in [-0.2, 0) is 6.54 Å². The molecule has 0 aliphatic carbocycles. The number of amides is 1. The molecule has 0 saturated heterocycles. The van der Waals surface area contributed by atoms with Gasteiger partial charge in [-0.25, -0.2) is 4.98 Å². The highest BCUT2D eigenvalue weighted by Crippen LogP contribution is 2.11. The Morgan fingerprint density at radius 1 is 1.05 bits per heavy atom. The summed E-state index contributed by atoms with van der Waals surface area (Å²) in [4.78, 5) is 16.5. The number of nitrogens with one attached hydrogen (secondary N) is 1. The van der Waals surface area contributed by atoms with Crippen molar-refractivity contribution in [2.75, 3.05) is 6.54 Å². The van der Waals surface area contributed by atoms with E-state index < -0.39 is 0 Å². The highest BCUT2D eigenvalue weighted by atomic mass is 16.1. The Morgan fingerprint density at radius 3 is 2.71 bits per heavy atom. The SMILES string of the molecule is O=C(NCCCn1cccc1)c1ccc2ccccc2n1. The number of aromatic nitrogens is 2. The molecule has 1 N–H and O–H groups in total. The van der Waals surface area contributed by atoms with Crippen molar-refractivity contribution in [2.45, 2.75) is 13.0 Å². The molecule has 3 rings (SSSR count). The molecule has 0 bridgehead atoms. The number of hydrogen-bond acceptors (Lipinski definition) is 2. The smallest absolute Gasteiger partial charge is 0.269 e. The fourth-order valence-electron chi connectivity index (χ4n) is 2.27. The van der Waals surface area contributed by atoms with E-state index in [2.05, 4.69) is 14.9 Å². The molecule has 0 atom stereocenters. The van der Waals surface area contributed by atoms with Crippen LogP contribution in [0.3, 0.4) is 0 Å². The van der Waals surface area contributed by atoms with Gasteiger partial charge >= 0.3 is 0 Å². The minimum atomic E-state index is -0.117. The average Bonchev–Trinajstić information content (AvgIpc) is 3.04. The molecule has 4 heteroatoms. The van der Waals surface area contributed by atoms with Gasteiger partial charge in [-0.3, -0.25) is 4.79 Å². The van der Waals surface area contributed by atoms with Crippen LogP contribution in [-0.4, -0.2) is 22.0 Å². The number of pyridine rings is 1. The normalized spacial score (nSPS) is 10.7. The van der Waals surface area contributed by atoms with Gasteiger partial charge in [0.15, 0.2) is 0 Å². The first-order chi connectivity index (χ1) is 10.3. The quantitative estimate of drug-likeness (QED) is 0.730. The van der Waals surface area contributed by atoms with Crippen LogP contribution in [0.5, 0.6) is 0 Å². The van der Waals surface area contributed by atoms with E-state index in [4.69, 9.17) is 0 Å². The Balaban J connectivity index is 1.56. The molecule has 0 radical (unpaired) electrons. The highest BCUT2D eigenvalue weighted by Gasteiger charge is 2.07. The summed E-state index contributed by atoms with van der Waals surface area (Å²) in [6, 6.07) is 15.5. The van der Waals surface area contributed by atoms with Gasteiger partial charge in [-0.15, -0.1) is 0 Å². The molecule has 4 nitrogen and oxygen atoms in total. The number of aryl methyl sites for hydroxylation is 1. The third kappa shape index (κ3) is 3.28. The molecule has 1 aromatic carbocycles. The zero-order valence-electron chi connectivity index (χ0n) is 11.7. The topological polar surface area (TPSA) is 46.9 Å². The monoisotopic (exact) mass is 279 g/mol. The number of rotatable bonds is 5. The summed E-state index contributed by atoms with van der Waals surface area (Å²) in [5.74, 6) is -0.117. The lowest BCUT2D eigenvalue weighted by atomic mass is 10.2. The lowest BCUT2D eigenvalue weighted by molar-refractivity contribution is 0.0948. The predicted octanol–water partition coefficient (Wildman–Crippen LogP) is 2.86. The molecule has 0 aliphatic heterocycles. The molecular weight excluding hydrogens is 262 g/mol. The molecule has 2 heterocycles. The van der Waals surface area contributed by atoms with Crippen LogP contribution in [0.25, 0.3) is 10.9 Å². The van der Waals surface area contributed by atoms with Crippen LogP contribution in [0.15, 0.2) is 60.9 Å². The summed E-state index contributed by atoms with van der Waals surface area (Å²) in [7, 11) is 0. The van der Waals surface area contributed by atoms with Gasteiger partial charge in [0.1, 0.15) is 5.69 Å². The Bertz CT molecular complexity index is 735. The van der Waals surface area contributed by atoms with Crippen LogP contribution >= 0.6 is 0 Å². The fourth-order valence-corrected chi connectivity index (χ4v) is 2.27. The predicted molar refractivity (Wildman–Crippen MR) is 83.1 cm³/mol. The second-order valence-corrected chi connectivity index (χ2v) is 4.92. The average molecular weight is 279 g/mol. The number of benzene rings is 1. The molecule has 3 aromatic rings. The number of fused-ring (bicyclic) bond motifs is 1. The van der Waals surface area contributed by atoms with Crippen molar-refractivity contribution in [2.24, 2.45) is 0 Å². The Kier molecular flexibility index (Phi) is 3.96.